The number of aliphatic hydroxyl groups is 1. The molecule has 3 aromatic rings. The number of aromatic nitrogens is 4. The molecule has 1 fully saturated rings. The van der Waals surface area contributed by atoms with Gasteiger partial charge >= 0.3 is 0 Å². The number of nitrogens with one attached hydrogen (secondary N) is 1. The molecule has 1 saturated heterocycles. The molecule has 0 aliphatic carbocycles. The molecule has 10 heteroatoms. The monoisotopic (exact) mass is 429 g/mol. The number of benzene rings is 1. The maximum absolute atomic E-state index is 9.35. The van der Waals surface area contributed by atoms with Crippen LogP contribution >= 0.6 is 11.6 Å². The van der Waals surface area contributed by atoms with Crippen molar-refractivity contribution in [2.45, 2.75) is 25.9 Å². The summed E-state index contributed by atoms with van der Waals surface area (Å²) in [6.07, 6.45) is 1.07. The summed E-state index contributed by atoms with van der Waals surface area (Å²) in [6.45, 7) is 5.94. The van der Waals surface area contributed by atoms with Crippen LogP contribution in [0.15, 0.2) is 18.5 Å². The van der Waals surface area contributed by atoms with Crippen molar-refractivity contribution in [1.82, 2.24) is 25.1 Å². The van der Waals surface area contributed by atoms with Gasteiger partial charge in [-0.25, -0.2) is 9.97 Å². The van der Waals surface area contributed by atoms with Crippen molar-refractivity contribution in [3.8, 4) is 11.8 Å². The number of halogens is 1. The van der Waals surface area contributed by atoms with Crippen molar-refractivity contribution < 1.29 is 9.84 Å². The molecule has 1 atom stereocenters. The third kappa shape index (κ3) is 4.46. The van der Waals surface area contributed by atoms with Gasteiger partial charge in [0.15, 0.2) is 5.65 Å². The zero-order valence-electron chi connectivity index (χ0n) is 17.1. The second-order valence-electron chi connectivity index (χ2n) is 7.22. The van der Waals surface area contributed by atoms with E-state index in [0.29, 0.717) is 34.3 Å². The van der Waals surface area contributed by atoms with Gasteiger partial charge in [0.1, 0.15) is 24.0 Å². The van der Waals surface area contributed by atoms with Crippen LogP contribution in [-0.4, -0.2) is 63.0 Å². The number of anilines is 1. The Labute approximate surface area is 179 Å². The normalized spacial score (nSPS) is 15.1. The molecule has 0 unspecified atom stereocenters. The highest BCUT2D eigenvalue weighted by Gasteiger charge is 2.33. The first kappa shape index (κ1) is 21.8. The quantitative estimate of drug-likeness (QED) is 0.574. The maximum atomic E-state index is 9.35. The number of methoxy groups -OCH3 is 1. The van der Waals surface area contributed by atoms with E-state index in [2.05, 4.69) is 31.1 Å². The van der Waals surface area contributed by atoms with E-state index in [9.17, 15) is 10.4 Å². The van der Waals surface area contributed by atoms with Crippen molar-refractivity contribution in [2.24, 2.45) is 0 Å². The number of nitrogen functional groups attached to an aromatic ring is 1. The molecule has 0 radical (unpaired) electrons. The summed E-state index contributed by atoms with van der Waals surface area (Å²) in [7, 11) is 1.60. The average Bonchev–Trinajstić information content (AvgIpc) is 3.07. The fourth-order valence-corrected chi connectivity index (χ4v) is 3.78. The summed E-state index contributed by atoms with van der Waals surface area (Å²) in [5.41, 5.74) is 8.50. The molecule has 30 heavy (non-hydrogen) atoms. The van der Waals surface area contributed by atoms with E-state index in [4.69, 9.17) is 22.1 Å². The number of hydrogen-bond donors (Lipinski definition) is 3. The molecular formula is C20H24ClN7O2. The largest absolute Gasteiger partial charge is 0.496 e. The molecule has 158 valence electrons. The molecule has 0 bridgehead atoms. The second-order valence-corrected chi connectivity index (χ2v) is 7.63. The third-order valence-electron chi connectivity index (χ3n) is 4.94. The van der Waals surface area contributed by atoms with Gasteiger partial charge in [0, 0.05) is 36.8 Å². The SMILES string of the molecule is COc1ccc(Cl)c(C#N)c1C1CN(C[C@H](C)O)C1.Cc1[nH]nc2ncnc(N)c12. The first-order valence-electron chi connectivity index (χ1n) is 9.43. The number of H-pyrrole nitrogens is 1. The van der Waals surface area contributed by atoms with Crippen LogP contribution in [0.25, 0.3) is 11.0 Å². The highest BCUT2D eigenvalue weighted by Crippen LogP contribution is 2.38. The van der Waals surface area contributed by atoms with E-state index >= 15 is 0 Å². The van der Waals surface area contributed by atoms with Crippen LogP contribution in [0, 0.1) is 18.3 Å². The predicted octanol–water partition coefficient (Wildman–Crippen LogP) is 2.24. The highest BCUT2D eigenvalue weighted by atomic mass is 35.5. The summed E-state index contributed by atoms with van der Waals surface area (Å²) >= 11 is 6.07. The van der Waals surface area contributed by atoms with Crippen molar-refractivity contribution in [3.05, 3.63) is 40.3 Å². The number of nitrogens with two attached hydrogens (primary N) is 1. The van der Waals surface area contributed by atoms with Gasteiger partial charge in [0.05, 0.1) is 29.2 Å². The Morgan fingerprint density at radius 2 is 2.17 bits per heavy atom. The number of hydrogen-bond acceptors (Lipinski definition) is 8. The number of aryl methyl sites for hydroxylation is 1. The summed E-state index contributed by atoms with van der Waals surface area (Å²) in [5.74, 6) is 1.42. The van der Waals surface area contributed by atoms with Crippen LogP contribution in [0.5, 0.6) is 5.75 Å². The van der Waals surface area contributed by atoms with E-state index in [-0.39, 0.29) is 12.0 Å². The fourth-order valence-electron chi connectivity index (χ4n) is 3.57. The van der Waals surface area contributed by atoms with Crippen LogP contribution in [0.2, 0.25) is 5.02 Å². The minimum Gasteiger partial charge on any atom is -0.496 e. The molecule has 0 amide bonds. The zero-order chi connectivity index (χ0) is 21.8. The molecule has 2 aromatic heterocycles. The lowest BCUT2D eigenvalue weighted by Crippen LogP contribution is -2.48. The maximum Gasteiger partial charge on any atom is 0.186 e. The van der Waals surface area contributed by atoms with Gasteiger partial charge < -0.3 is 15.6 Å². The molecule has 1 aliphatic rings. The van der Waals surface area contributed by atoms with Gasteiger partial charge in [-0.05, 0) is 26.0 Å². The van der Waals surface area contributed by atoms with E-state index < -0.39 is 0 Å². The number of ether oxygens (including phenoxy) is 1. The Hall–Kier alpha value is -2.93. The summed E-state index contributed by atoms with van der Waals surface area (Å²) in [6, 6.07) is 5.65. The van der Waals surface area contributed by atoms with E-state index in [1.807, 2.05) is 6.92 Å². The van der Waals surface area contributed by atoms with Crippen molar-refractivity contribution >= 4 is 28.5 Å². The first-order chi connectivity index (χ1) is 14.3. The standard InChI is InChI=1S/C14H17ClN2O2.C6H7N5/c1-9(18)6-17-7-10(8-17)14-11(5-16)12(15)3-4-13(14)19-2;1-3-4-5(7)8-2-9-6(4)11-10-3/h3-4,9-10,18H,6-8H2,1-2H3;2H,1H3,(H3,7,8,9,10,11)/t9-;/m0./s1. The Morgan fingerprint density at radius 1 is 1.43 bits per heavy atom. The lowest BCUT2D eigenvalue weighted by atomic mass is 9.87. The third-order valence-corrected chi connectivity index (χ3v) is 5.25. The van der Waals surface area contributed by atoms with Crippen LogP contribution in [0.3, 0.4) is 0 Å². The Balaban J connectivity index is 0.000000196. The summed E-state index contributed by atoms with van der Waals surface area (Å²) < 4.78 is 5.34. The molecule has 3 heterocycles. The van der Waals surface area contributed by atoms with Crippen LogP contribution in [0.1, 0.15) is 29.7 Å². The minimum atomic E-state index is -0.336. The molecule has 1 aliphatic heterocycles. The predicted molar refractivity (Wildman–Crippen MR) is 114 cm³/mol. The molecule has 4 N–H and O–H groups in total. The lowest BCUT2D eigenvalue weighted by Gasteiger charge is -2.41. The smallest absolute Gasteiger partial charge is 0.186 e. The Morgan fingerprint density at radius 3 is 2.77 bits per heavy atom. The average molecular weight is 430 g/mol. The lowest BCUT2D eigenvalue weighted by molar-refractivity contribution is 0.0734. The number of aromatic amines is 1. The van der Waals surface area contributed by atoms with Gasteiger partial charge in [-0.3, -0.25) is 10.00 Å². The van der Waals surface area contributed by atoms with Crippen LogP contribution < -0.4 is 10.5 Å². The molecule has 1 aromatic carbocycles. The summed E-state index contributed by atoms with van der Waals surface area (Å²) in [5, 5.41) is 26.6. The minimum absolute atomic E-state index is 0.238. The van der Waals surface area contributed by atoms with Crippen molar-refractivity contribution in [2.75, 3.05) is 32.5 Å². The number of nitriles is 1. The van der Waals surface area contributed by atoms with Crippen molar-refractivity contribution in [3.63, 3.8) is 0 Å². The van der Waals surface area contributed by atoms with Gasteiger partial charge in [0.2, 0.25) is 0 Å². The van der Waals surface area contributed by atoms with Crippen molar-refractivity contribution in [1.29, 1.82) is 5.26 Å². The van der Waals surface area contributed by atoms with E-state index in [0.717, 1.165) is 29.7 Å². The summed E-state index contributed by atoms with van der Waals surface area (Å²) in [4.78, 5) is 9.93. The van der Waals surface area contributed by atoms with Gasteiger partial charge in [-0.1, -0.05) is 11.6 Å². The highest BCUT2D eigenvalue weighted by molar-refractivity contribution is 6.31. The fraction of sp³-hybridized carbons (Fsp3) is 0.400. The van der Waals surface area contributed by atoms with E-state index in [1.54, 1.807) is 26.2 Å². The molecular weight excluding hydrogens is 406 g/mol. The number of rotatable bonds is 4. The van der Waals surface area contributed by atoms with Crippen LogP contribution in [-0.2, 0) is 0 Å². The molecule has 0 saturated carbocycles. The van der Waals surface area contributed by atoms with Gasteiger partial charge in [-0.15, -0.1) is 0 Å². The zero-order valence-corrected chi connectivity index (χ0v) is 17.8. The number of likely N-dealkylation sites (tertiary alicyclic amines) is 1. The number of fused-ring (bicyclic) bond motifs is 1. The van der Waals surface area contributed by atoms with Crippen LogP contribution in [0.4, 0.5) is 5.82 Å². The van der Waals surface area contributed by atoms with Gasteiger partial charge in [-0.2, -0.15) is 10.4 Å². The Kier molecular flexibility index (Phi) is 6.72. The number of nitrogens with zero attached hydrogens (tertiary/aromatic N) is 5. The topological polar surface area (TPSA) is 137 Å². The Bertz CT molecular complexity index is 1070. The van der Waals surface area contributed by atoms with E-state index in [1.165, 1.54) is 6.33 Å². The molecule has 9 nitrogen and oxygen atoms in total. The number of aliphatic hydroxyl groups excluding tert-OH is 1. The van der Waals surface area contributed by atoms with Gasteiger partial charge in [0.25, 0.3) is 0 Å². The molecule has 4 rings (SSSR count). The second kappa shape index (κ2) is 9.26. The molecule has 0 spiro atoms. The first-order valence-corrected chi connectivity index (χ1v) is 9.81. The number of β-amino-alcohol motifs (C(OH)–C–C–N with tert-alkyl or cyclic N) is 1.